The van der Waals surface area contributed by atoms with E-state index < -0.39 is 82.3 Å². The molecule has 0 aliphatic heterocycles. The predicted octanol–water partition coefficient (Wildman–Crippen LogP) is 3.59. The highest BCUT2D eigenvalue weighted by Gasteiger charge is 2.77. The van der Waals surface area contributed by atoms with Crippen LogP contribution in [-0.4, -0.2) is 75.0 Å². The monoisotopic (exact) mass is 595 g/mol. The Labute approximate surface area is 244 Å². The fourth-order valence-electron chi connectivity index (χ4n) is 8.49. The number of halogens is 1. The van der Waals surface area contributed by atoms with Gasteiger partial charge in [0.15, 0.2) is 23.7 Å². The number of nitrogens with zero attached hydrogens (tertiary/aromatic N) is 1. The molecule has 1 unspecified atom stereocenters. The Hall–Kier alpha value is -2.51. The molecule has 234 valence electrons. The predicted molar refractivity (Wildman–Crippen MR) is 143 cm³/mol. The fourth-order valence-corrected chi connectivity index (χ4v) is 8.49. The van der Waals surface area contributed by atoms with Gasteiger partial charge in [-0.25, -0.2) is 4.39 Å². The molecule has 3 N–H and O–H groups in total. The number of carbonyl (C=O) groups is 4. The molecule has 12 heteroatoms. The minimum absolute atomic E-state index is 0.0685. The summed E-state index contributed by atoms with van der Waals surface area (Å²) in [5.74, 6) is -4.05. The van der Waals surface area contributed by atoms with E-state index in [0.29, 0.717) is 31.3 Å². The van der Waals surface area contributed by atoms with Crippen LogP contribution in [0.1, 0.15) is 79.1 Å². The summed E-state index contributed by atoms with van der Waals surface area (Å²) in [4.78, 5) is 56.0. The van der Waals surface area contributed by atoms with Gasteiger partial charge in [-0.3, -0.25) is 34.4 Å². The second kappa shape index (κ2) is 11.9. The van der Waals surface area contributed by atoms with E-state index in [1.165, 1.54) is 12.2 Å². The number of esters is 2. The smallest absolute Gasteiger partial charge is 0.308 e. The number of ether oxygens (including phenoxy) is 2. The Kier molecular flexibility index (Phi) is 9.16. The van der Waals surface area contributed by atoms with Crippen LogP contribution in [0, 0.1) is 28.6 Å². The molecule has 42 heavy (non-hydrogen) atoms. The second-order valence-electron chi connectivity index (χ2n) is 12.6. The molecule has 11 nitrogen and oxygen atoms in total. The van der Waals surface area contributed by atoms with Crippen LogP contribution in [0.5, 0.6) is 0 Å². The molecule has 0 saturated heterocycles. The Morgan fingerprint density at radius 2 is 1.86 bits per heavy atom. The number of Topliss-reactive ketones (excluding diaryl/α,β-unsaturated/α-hetero) is 1. The zero-order valence-electron chi connectivity index (χ0n) is 24.6. The van der Waals surface area contributed by atoms with Gasteiger partial charge in [0.2, 0.25) is 5.78 Å². The van der Waals surface area contributed by atoms with Gasteiger partial charge in [0.25, 0.3) is 0 Å². The molecule has 4 aliphatic rings. The van der Waals surface area contributed by atoms with Crippen molar-refractivity contribution in [3.8, 4) is 0 Å². The van der Waals surface area contributed by atoms with Crippen molar-refractivity contribution >= 4 is 23.5 Å². The minimum atomic E-state index is -2.12. The molecule has 0 spiro atoms. The topological polar surface area (TPSA) is 160 Å². The van der Waals surface area contributed by atoms with E-state index in [4.69, 9.17) is 19.9 Å². The van der Waals surface area contributed by atoms with Gasteiger partial charge < -0.3 is 14.6 Å². The van der Waals surface area contributed by atoms with Crippen molar-refractivity contribution in [1.29, 1.82) is 0 Å². The normalized spacial score (nSPS) is 38.8. The number of ketones is 2. The van der Waals surface area contributed by atoms with Crippen molar-refractivity contribution in [2.45, 2.75) is 96.4 Å². The zero-order chi connectivity index (χ0) is 31.1. The van der Waals surface area contributed by atoms with Crippen molar-refractivity contribution in [1.82, 2.24) is 5.39 Å². The summed E-state index contributed by atoms with van der Waals surface area (Å²) in [5.41, 5.74) is -5.66. The largest absolute Gasteiger partial charge is 0.457 e. The van der Waals surface area contributed by atoms with Gasteiger partial charge >= 0.3 is 11.9 Å². The summed E-state index contributed by atoms with van der Waals surface area (Å²) >= 11 is 0. The third-order valence-electron chi connectivity index (χ3n) is 10.5. The lowest BCUT2D eigenvalue weighted by Gasteiger charge is -2.62. The van der Waals surface area contributed by atoms with Crippen LogP contribution < -0.4 is 0 Å². The maximum Gasteiger partial charge on any atom is 0.308 e. The highest BCUT2D eigenvalue weighted by Crippen LogP contribution is 2.71. The highest BCUT2D eigenvalue weighted by atomic mass is 19.1. The van der Waals surface area contributed by atoms with E-state index in [1.54, 1.807) is 26.8 Å². The number of allylic oxidation sites excluding steroid dienone is 4. The van der Waals surface area contributed by atoms with Gasteiger partial charge in [-0.1, -0.05) is 38.8 Å². The quantitative estimate of drug-likeness (QED) is 0.237. The summed E-state index contributed by atoms with van der Waals surface area (Å²) in [6.07, 6.45) is 4.71. The number of carbonyl (C=O) groups excluding carboxylic acids is 4. The first-order valence-electron chi connectivity index (χ1n) is 14.7. The van der Waals surface area contributed by atoms with Crippen LogP contribution in [0.3, 0.4) is 0 Å². The minimum Gasteiger partial charge on any atom is -0.457 e. The Morgan fingerprint density at radius 1 is 1.14 bits per heavy atom. The van der Waals surface area contributed by atoms with E-state index in [1.807, 2.05) is 6.92 Å². The molecular weight excluding hydrogens is 553 g/mol. The van der Waals surface area contributed by atoms with E-state index in [2.05, 4.69) is 4.84 Å². The fraction of sp³-hybridized carbons (Fsp3) is 0.733. The number of aliphatic hydroxyl groups excluding tert-OH is 1. The average molecular weight is 596 g/mol. The number of aliphatic hydroxyl groups is 1. The molecular formula is C30H42FNO10. The number of rotatable bonds is 11. The molecule has 8 atom stereocenters. The Morgan fingerprint density at radius 3 is 2.52 bits per heavy atom. The Balaban J connectivity index is 1.69. The molecule has 0 bridgehead atoms. The van der Waals surface area contributed by atoms with Crippen molar-refractivity contribution in [2.24, 2.45) is 28.6 Å². The summed E-state index contributed by atoms with van der Waals surface area (Å²) in [6, 6.07) is 0. The van der Waals surface area contributed by atoms with Gasteiger partial charge in [0.05, 0.1) is 24.5 Å². The maximum atomic E-state index is 17.5. The third kappa shape index (κ3) is 5.04. The van der Waals surface area contributed by atoms with Crippen LogP contribution in [0.25, 0.3) is 0 Å². The van der Waals surface area contributed by atoms with Crippen molar-refractivity contribution < 1.29 is 53.4 Å². The molecule has 0 aromatic heterocycles. The van der Waals surface area contributed by atoms with E-state index in [-0.39, 0.29) is 25.0 Å². The molecule has 0 heterocycles. The standard InChI is InChI=1S/C30H42FNO10/c1-5-6-7-26(37)42-30(24(35)17-40-25(36)11-13-41-32(38)39)18(2)14-22-21-9-8-19-15-20(33)10-12-27(19,3)29(21,31)23(34)16-28(22,30)4/h10,12,15,18,21-23,34,38-39H,5-9,11,13-14,16-17H2,1-4H3/t18-,21?,22-,23-,27-,28-,29-,30-/m0/s1. The molecule has 3 fully saturated rings. The first-order chi connectivity index (χ1) is 19.7. The summed E-state index contributed by atoms with van der Waals surface area (Å²) in [7, 11) is 0. The lowest BCUT2D eigenvalue weighted by molar-refractivity contribution is -0.492. The maximum absolute atomic E-state index is 17.5. The van der Waals surface area contributed by atoms with Crippen molar-refractivity contribution in [3.63, 3.8) is 0 Å². The van der Waals surface area contributed by atoms with Gasteiger partial charge in [0.1, 0.15) is 0 Å². The average Bonchev–Trinajstić information content (AvgIpc) is 3.13. The third-order valence-corrected chi connectivity index (χ3v) is 10.5. The van der Waals surface area contributed by atoms with Gasteiger partial charge in [-0.2, -0.15) is 0 Å². The first-order valence-corrected chi connectivity index (χ1v) is 14.7. The summed E-state index contributed by atoms with van der Waals surface area (Å²) < 4.78 is 28.8. The van der Waals surface area contributed by atoms with Crippen molar-refractivity contribution in [2.75, 3.05) is 13.2 Å². The first kappa shape index (κ1) is 32.4. The van der Waals surface area contributed by atoms with Crippen LogP contribution in [0.15, 0.2) is 23.8 Å². The molecule has 0 aromatic rings. The number of fused-ring (bicyclic) bond motifs is 5. The van der Waals surface area contributed by atoms with Crippen LogP contribution in [-0.2, 0) is 33.5 Å². The van der Waals surface area contributed by atoms with Crippen LogP contribution >= 0.6 is 0 Å². The SMILES string of the molecule is CCCCC(=O)O[C@]1(C(=O)COC(=O)CCON(O)O)[C@@H](C)C[C@H]2C3CCC4=CC(=O)C=C[C@]4(C)[C@@]3(F)[C@@H](O)C[C@@]21C. The second-order valence-corrected chi connectivity index (χ2v) is 12.6. The lowest BCUT2D eigenvalue weighted by atomic mass is 9.44. The highest BCUT2D eigenvalue weighted by molar-refractivity contribution is 6.01. The molecule has 4 rings (SSSR count). The summed E-state index contributed by atoms with van der Waals surface area (Å²) in [5, 5.41) is 28.4. The van der Waals surface area contributed by atoms with E-state index >= 15 is 4.39 Å². The number of alkyl halides is 1. The molecule has 0 amide bonds. The molecule has 4 aliphatic carbocycles. The van der Waals surface area contributed by atoms with E-state index in [9.17, 15) is 24.3 Å². The molecule has 3 saturated carbocycles. The van der Waals surface area contributed by atoms with E-state index in [0.717, 1.165) is 6.42 Å². The van der Waals surface area contributed by atoms with Gasteiger partial charge in [0, 0.05) is 29.1 Å². The van der Waals surface area contributed by atoms with Gasteiger partial charge in [-0.05, 0) is 57.1 Å². The lowest BCUT2D eigenvalue weighted by Crippen LogP contribution is -2.70. The van der Waals surface area contributed by atoms with Crippen molar-refractivity contribution in [3.05, 3.63) is 23.8 Å². The molecule has 0 radical (unpaired) electrons. The number of hydrogen-bond donors (Lipinski definition) is 3. The molecule has 0 aromatic carbocycles. The Bertz CT molecular complexity index is 1170. The number of unbranched alkanes of at least 4 members (excludes halogenated alkanes) is 1. The number of hydrogen-bond acceptors (Lipinski definition) is 11. The zero-order valence-corrected chi connectivity index (χ0v) is 24.6. The van der Waals surface area contributed by atoms with Crippen LogP contribution in [0.2, 0.25) is 0 Å². The van der Waals surface area contributed by atoms with Gasteiger partial charge in [-0.15, -0.1) is 0 Å². The summed E-state index contributed by atoms with van der Waals surface area (Å²) in [6.45, 7) is 5.99. The van der Waals surface area contributed by atoms with Crippen LogP contribution in [0.4, 0.5) is 4.39 Å².